The minimum atomic E-state index is -0.246. The molecule has 140 valence electrons. The van der Waals surface area contributed by atoms with E-state index in [1.165, 1.54) is 11.3 Å². The van der Waals surface area contributed by atoms with E-state index in [2.05, 4.69) is 10.3 Å². The first-order valence-electron chi connectivity index (χ1n) is 8.49. The van der Waals surface area contributed by atoms with Gasteiger partial charge in [-0.1, -0.05) is 11.6 Å². The van der Waals surface area contributed by atoms with Crippen LogP contribution in [0.25, 0.3) is 10.8 Å². The van der Waals surface area contributed by atoms with Crippen molar-refractivity contribution in [1.29, 1.82) is 0 Å². The quantitative estimate of drug-likeness (QED) is 0.695. The smallest absolute Gasteiger partial charge is 0.271 e. The van der Waals surface area contributed by atoms with Gasteiger partial charge in [-0.3, -0.25) is 4.79 Å². The van der Waals surface area contributed by atoms with Crippen LogP contribution in [0, 0.1) is 6.92 Å². The van der Waals surface area contributed by atoms with Gasteiger partial charge in [-0.15, -0.1) is 11.3 Å². The number of hydrogen-bond acceptors (Lipinski definition) is 6. The van der Waals surface area contributed by atoms with Crippen LogP contribution in [0.5, 0.6) is 11.5 Å². The average Bonchev–Trinajstić information content (AvgIpc) is 3.24. The van der Waals surface area contributed by atoms with E-state index in [4.69, 9.17) is 25.5 Å². The van der Waals surface area contributed by atoms with Gasteiger partial charge in [-0.2, -0.15) is 0 Å². The predicted molar refractivity (Wildman–Crippen MR) is 103 cm³/mol. The van der Waals surface area contributed by atoms with Crippen LogP contribution in [0.15, 0.2) is 34.9 Å². The monoisotopic (exact) mass is 404 g/mol. The average molecular weight is 405 g/mol. The number of nitrogens with one attached hydrogen (secondary N) is 1. The molecule has 4 rings (SSSR count). The number of amides is 1. The SMILES string of the molecule is Cc1sc(-c2ccco2)nc1C(=O)NCc1cc(Cl)c2c(c1)OCCCO2. The number of aromatic nitrogens is 1. The second kappa shape index (κ2) is 7.62. The van der Waals surface area contributed by atoms with E-state index in [0.29, 0.717) is 52.7 Å². The van der Waals surface area contributed by atoms with Crippen molar-refractivity contribution in [1.82, 2.24) is 10.3 Å². The van der Waals surface area contributed by atoms with Crippen molar-refractivity contribution < 1.29 is 18.7 Å². The van der Waals surface area contributed by atoms with Gasteiger partial charge in [0.1, 0.15) is 5.69 Å². The molecule has 0 bridgehead atoms. The Morgan fingerprint density at radius 1 is 1.33 bits per heavy atom. The number of thiazole rings is 1. The first kappa shape index (κ1) is 17.9. The van der Waals surface area contributed by atoms with E-state index < -0.39 is 0 Å². The molecule has 0 saturated heterocycles. The molecule has 1 aromatic carbocycles. The summed E-state index contributed by atoms with van der Waals surface area (Å²) < 4.78 is 16.7. The van der Waals surface area contributed by atoms with Crippen LogP contribution >= 0.6 is 22.9 Å². The summed E-state index contributed by atoms with van der Waals surface area (Å²) in [5.41, 5.74) is 1.23. The lowest BCUT2D eigenvalue weighted by Gasteiger charge is -2.12. The Kier molecular flexibility index (Phi) is 5.05. The van der Waals surface area contributed by atoms with Crippen molar-refractivity contribution >= 4 is 28.8 Å². The van der Waals surface area contributed by atoms with Gasteiger partial charge in [0.25, 0.3) is 5.91 Å². The van der Waals surface area contributed by atoms with E-state index in [0.717, 1.165) is 16.9 Å². The van der Waals surface area contributed by atoms with Crippen LogP contribution in [0.3, 0.4) is 0 Å². The summed E-state index contributed by atoms with van der Waals surface area (Å²) in [6.07, 6.45) is 2.39. The minimum Gasteiger partial charge on any atom is -0.489 e. The number of nitrogens with zero attached hydrogens (tertiary/aromatic N) is 1. The van der Waals surface area contributed by atoms with Crippen LogP contribution in [0.4, 0.5) is 0 Å². The Bertz CT molecular complexity index is 969. The summed E-state index contributed by atoms with van der Waals surface area (Å²) in [5, 5.41) is 4.04. The summed E-state index contributed by atoms with van der Waals surface area (Å²) in [6.45, 7) is 3.32. The van der Waals surface area contributed by atoms with Gasteiger partial charge in [-0.25, -0.2) is 4.98 Å². The molecule has 3 aromatic rings. The van der Waals surface area contributed by atoms with Crippen LogP contribution < -0.4 is 14.8 Å². The summed E-state index contributed by atoms with van der Waals surface area (Å²) in [5.74, 6) is 1.57. The first-order valence-corrected chi connectivity index (χ1v) is 9.69. The second-order valence-corrected chi connectivity index (χ2v) is 7.65. The molecule has 0 spiro atoms. The lowest BCUT2D eigenvalue weighted by Crippen LogP contribution is -2.23. The van der Waals surface area contributed by atoms with Gasteiger partial charge < -0.3 is 19.2 Å². The number of carbonyl (C=O) groups is 1. The number of ether oxygens (including phenoxy) is 2. The molecule has 0 saturated carbocycles. The molecule has 6 nitrogen and oxygen atoms in total. The number of hydrogen-bond donors (Lipinski definition) is 1. The van der Waals surface area contributed by atoms with Crippen molar-refractivity contribution in [2.24, 2.45) is 0 Å². The van der Waals surface area contributed by atoms with Crippen LogP contribution in [0.1, 0.15) is 27.3 Å². The third kappa shape index (κ3) is 3.79. The molecule has 27 heavy (non-hydrogen) atoms. The lowest BCUT2D eigenvalue weighted by molar-refractivity contribution is 0.0946. The summed E-state index contributed by atoms with van der Waals surface area (Å²) in [6, 6.07) is 7.23. The van der Waals surface area contributed by atoms with Gasteiger partial charge >= 0.3 is 0 Å². The number of carbonyl (C=O) groups excluding carboxylic acids is 1. The van der Waals surface area contributed by atoms with Crippen LogP contribution in [-0.2, 0) is 6.54 Å². The first-order chi connectivity index (χ1) is 13.1. The van der Waals surface area contributed by atoms with Crippen molar-refractivity contribution in [3.05, 3.63) is 51.7 Å². The molecule has 3 heterocycles. The van der Waals surface area contributed by atoms with Crippen molar-refractivity contribution in [3.8, 4) is 22.3 Å². The van der Waals surface area contributed by atoms with E-state index in [9.17, 15) is 4.79 Å². The van der Waals surface area contributed by atoms with Gasteiger partial charge in [-0.05, 0) is 36.8 Å². The Labute approximate surface area is 165 Å². The van der Waals surface area contributed by atoms with E-state index in [1.54, 1.807) is 18.4 Å². The summed E-state index contributed by atoms with van der Waals surface area (Å²) >= 11 is 7.72. The molecule has 1 N–H and O–H groups in total. The molecule has 8 heteroatoms. The highest BCUT2D eigenvalue weighted by Crippen LogP contribution is 2.38. The minimum absolute atomic E-state index is 0.246. The molecule has 0 radical (unpaired) electrons. The van der Waals surface area contributed by atoms with Gasteiger partial charge in [0.15, 0.2) is 22.3 Å². The summed E-state index contributed by atoms with van der Waals surface area (Å²) in [7, 11) is 0. The second-order valence-electron chi connectivity index (χ2n) is 6.04. The zero-order chi connectivity index (χ0) is 18.8. The van der Waals surface area contributed by atoms with Gasteiger partial charge in [0.05, 0.1) is 24.5 Å². The fourth-order valence-electron chi connectivity index (χ4n) is 2.77. The fraction of sp³-hybridized carbons (Fsp3) is 0.263. The maximum absolute atomic E-state index is 12.6. The Hall–Kier alpha value is -2.51. The topological polar surface area (TPSA) is 73.6 Å². The molecule has 0 fully saturated rings. The number of rotatable bonds is 4. The van der Waals surface area contributed by atoms with E-state index in [1.807, 2.05) is 19.1 Å². The highest BCUT2D eigenvalue weighted by molar-refractivity contribution is 7.15. The molecule has 1 aliphatic rings. The number of fused-ring (bicyclic) bond motifs is 1. The van der Waals surface area contributed by atoms with Crippen molar-refractivity contribution in [2.45, 2.75) is 19.9 Å². The van der Waals surface area contributed by atoms with Crippen molar-refractivity contribution in [2.75, 3.05) is 13.2 Å². The Balaban J connectivity index is 1.48. The molecular weight excluding hydrogens is 388 g/mol. The number of benzene rings is 1. The fourth-order valence-corrected chi connectivity index (χ4v) is 3.93. The standard InChI is InChI=1S/C19H17ClN2O4S/c1-11-16(22-19(27-11)14-4-2-5-24-14)18(23)21-10-12-8-13(20)17-15(9-12)25-6-3-7-26-17/h2,4-5,8-9H,3,6-7,10H2,1H3,(H,21,23). The molecule has 0 unspecified atom stereocenters. The third-order valence-corrected chi connectivity index (χ3v) is 5.32. The Morgan fingerprint density at radius 2 is 2.19 bits per heavy atom. The summed E-state index contributed by atoms with van der Waals surface area (Å²) in [4.78, 5) is 17.8. The largest absolute Gasteiger partial charge is 0.489 e. The highest BCUT2D eigenvalue weighted by Gasteiger charge is 2.19. The number of aryl methyl sites for hydroxylation is 1. The maximum atomic E-state index is 12.6. The highest BCUT2D eigenvalue weighted by atomic mass is 35.5. The predicted octanol–water partition coefficient (Wildman–Crippen LogP) is 4.46. The molecule has 1 amide bonds. The van der Waals surface area contributed by atoms with E-state index >= 15 is 0 Å². The molecule has 1 aliphatic heterocycles. The van der Waals surface area contributed by atoms with Crippen LogP contribution in [-0.4, -0.2) is 24.1 Å². The number of furan rings is 1. The zero-order valence-corrected chi connectivity index (χ0v) is 16.2. The lowest BCUT2D eigenvalue weighted by atomic mass is 10.2. The Morgan fingerprint density at radius 3 is 3.00 bits per heavy atom. The molecule has 2 aromatic heterocycles. The maximum Gasteiger partial charge on any atom is 0.271 e. The number of halogens is 1. The molecular formula is C19H17ClN2O4S. The zero-order valence-electron chi connectivity index (χ0n) is 14.6. The normalized spacial score (nSPS) is 13.3. The van der Waals surface area contributed by atoms with Gasteiger partial charge in [0, 0.05) is 17.8 Å². The third-order valence-electron chi connectivity index (χ3n) is 4.06. The van der Waals surface area contributed by atoms with Gasteiger partial charge in [0.2, 0.25) is 0 Å². The van der Waals surface area contributed by atoms with E-state index in [-0.39, 0.29) is 5.91 Å². The van der Waals surface area contributed by atoms with Crippen LogP contribution in [0.2, 0.25) is 5.02 Å². The van der Waals surface area contributed by atoms with Crippen molar-refractivity contribution in [3.63, 3.8) is 0 Å². The molecule has 0 aliphatic carbocycles. The molecule has 0 atom stereocenters.